The van der Waals surface area contributed by atoms with E-state index in [-0.39, 0.29) is 5.92 Å². The van der Waals surface area contributed by atoms with Gasteiger partial charge in [0.05, 0.1) is 6.10 Å². The van der Waals surface area contributed by atoms with Gasteiger partial charge >= 0.3 is 0 Å². The van der Waals surface area contributed by atoms with Crippen molar-refractivity contribution >= 4 is 10.8 Å². The summed E-state index contributed by atoms with van der Waals surface area (Å²) in [5, 5.41) is 22.0. The molecule has 1 aromatic heterocycles. The van der Waals surface area contributed by atoms with Gasteiger partial charge in [-0.1, -0.05) is 32.0 Å². The number of nitrogens with zero attached hydrogens (tertiary/aromatic N) is 1. The zero-order chi connectivity index (χ0) is 12.4. The fourth-order valence-electron chi connectivity index (χ4n) is 1.94. The number of benzene rings is 1. The normalized spacial score (nSPS) is 15.1. The third kappa shape index (κ3) is 2.30. The lowest BCUT2D eigenvalue weighted by molar-refractivity contribution is -0.00862. The number of aromatic nitrogens is 1. The Bertz CT molecular complexity index is 505. The monoisotopic (exact) mass is 231 g/mol. The maximum Gasteiger partial charge on any atom is 0.106 e. The molecule has 2 atom stereocenters. The predicted molar refractivity (Wildman–Crippen MR) is 67.5 cm³/mol. The molecule has 17 heavy (non-hydrogen) atoms. The Morgan fingerprint density at radius 1 is 1.12 bits per heavy atom. The zero-order valence-corrected chi connectivity index (χ0v) is 10.0. The molecule has 90 valence electrons. The molecule has 0 spiro atoms. The molecule has 1 aromatic carbocycles. The molecule has 2 aromatic rings. The number of rotatable bonds is 3. The SMILES string of the molecule is CC(C)C(O)C(O)c1cccc2ccncc12. The first-order chi connectivity index (χ1) is 8.11. The standard InChI is InChI=1S/C14H17NO2/c1-9(2)13(16)14(17)11-5-3-4-10-6-7-15-8-12(10)11/h3-9,13-14,16-17H,1-2H3. The first-order valence-corrected chi connectivity index (χ1v) is 5.80. The van der Waals surface area contributed by atoms with Gasteiger partial charge in [-0.3, -0.25) is 4.98 Å². The van der Waals surface area contributed by atoms with E-state index >= 15 is 0 Å². The molecule has 2 N–H and O–H groups in total. The highest BCUT2D eigenvalue weighted by atomic mass is 16.3. The topological polar surface area (TPSA) is 53.4 Å². The van der Waals surface area contributed by atoms with Crippen LogP contribution in [0, 0.1) is 5.92 Å². The van der Waals surface area contributed by atoms with Gasteiger partial charge in [0.25, 0.3) is 0 Å². The van der Waals surface area contributed by atoms with E-state index in [4.69, 9.17) is 0 Å². The van der Waals surface area contributed by atoms with Crippen LogP contribution in [0.15, 0.2) is 36.7 Å². The number of hydrogen-bond acceptors (Lipinski definition) is 3. The largest absolute Gasteiger partial charge is 0.390 e. The van der Waals surface area contributed by atoms with Crippen LogP contribution < -0.4 is 0 Å². The first-order valence-electron chi connectivity index (χ1n) is 5.80. The van der Waals surface area contributed by atoms with Crippen molar-refractivity contribution in [2.75, 3.05) is 0 Å². The molecule has 0 bridgehead atoms. The van der Waals surface area contributed by atoms with Crippen LogP contribution in [0.3, 0.4) is 0 Å². The highest BCUT2D eigenvalue weighted by Crippen LogP contribution is 2.27. The molecule has 0 radical (unpaired) electrons. The Hall–Kier alpha value is -1.45. The summed E-state index contributed by atoms with van der Waals surface area (Å²) in [7, 11) is 0. The second-order valence-corrected chi connectivity index (χ2v) is 4.62. The van der Waals surface area contributed by atoms with Gasteiger partial charge in [-0.05, 0) is 22.9 Å². The minimum atomic E-state index is -0.872. The Labute approximate surface area is 101 Å². The van der Waals surface area contributed by atoms with Crippen LogP contribution in [0.5, 0.6) is 0 Å². The number of aliphatic hydroxyl groups is 2. The molecule has 0 fully saturated rings. The molecule has 3 nitrogen and oxygen atoms in total. The van der Waals surface area contributed by atoms with Crippen molar-refractivity contribution in [2.45, 2.75) is 26.1 Å². The average Bonchev–Trinajstić information content (AvgIpc) is 2.36. The van der Waals surface area contributed by atoms with Crippen LogP contribution in [0.25, 0.3) is 10.8 Å². The molecule has 0 saturated carbocycles. The van der Waals surface area contributed by atoms with E-state index < -0.39 is 12.2 Å². The van der Waals surface area contributed by atoms with Crippen LogP contribution in [0.4, 0.5) is 0 Å². The van der Waals surface area contributed by atoms with E-state index in [2.05, 4.69) is 4.98 Å². The summed E-state index contributed by atoms with van der Waals surface area (Å²) in [6, 6.07) is 7.58. The van der Waals surface area contributed by atoms with Gasteiger partial charge in [0.15, 0.2) is 0 Å². The van der Waals surface area contributed by atoms with Gasteiger partial charge in [-0.15, -0.1) is 0 Å². The molecule has 0 aliphatic heterocycles. The maximum atomic E-state index is 10.2. The fraction of sp³-hybridized carbons (Fsp3) is 0.357. The van der Waals surface area contributed by atoms with Crippen LogP contribution in [0.1, 0.15) is 25.5 Å². The summed E-state index contributed by atoms with van der Waals surface area (Å²) < 4.78 is 0. The molecular formula is C14H17NO2. The molecule has 1 heterocycles. The first kappa shape index (κ1) is 12.0. The van der Waals surface area contributed by atoms with E-state index in [1.54, 1.807) is 12.4 Å². The van der Waals surface area contributed by atoms with Crippen LogP contribution >= 0.6 is 0 Å². The Morgan fingerprint density at radius 3 is 2.59 bits per heavy atom. The lowest BCUT2D eigenvalue weighted by Crippen LogP contribution is -2.24. The van der Waals surface area contributed by atoms with E-state index in [1.165, 1.54) is 0 Å². The van der Waals surface area contributed by atoms with Crippen molar-refractivity contribution in [3.05, 3.63) is 42.2 Å². The minimum Gasteiger partial charge on any atom is -0.390 e. The summed E-state index contributed by atoms with van der Waals surface area (Å²) >= 11 is 0. The molecule has 0 aliphatic carbocycles. The van der Waals surface area contributed by atoms with Gasteiger partial charge in [-0.2, -0.15) is 0 Å². The number of pyridine rings is 1. The Balaban J connectivity index is 2.48. The summed E-state index contributed by atoms with van der Waals surface area (Å²) in [6.45, 7) is 3.77. The number of aliphatic hydroxyl groups excluding tert-OH is 2. The van der Waals surface area contributed by atoms with Crippen molar-refractivity contribution in [1.82, 2.24) is 4.98 Å². The molecule has 0 amide bonds. The minimum absolute atomic E-state index is 0.0110. The van der Waals surface area contributed by atoms with Gasteiger partial charge in [0.2, 0.25) is 0 Å². The number of hydrogen-bond donors (Lipinski definition) is 2. The smallest absolute Gasteiger partial charge is 0.106 e. The summed E-state index contributed by atoms with van der Waals surface area (Å²) in [4.78, 5) is 4.07. The van der Waals surface area contributed by atoms with Crippen molar-refractivity contribution in [1.29, 1.82) is 0 Å². The Kier molecular flexibility index (Phi) is 3.41. The molecular weight excluding hydrogens is 214 g/mol. The van der Waals surface area contributed by atoms with Crippen molar-refractivity contribution in [3.63, 3.8) is 0 Å². The van der Waals surface area contributed by atoms with Gasteiger partial charge in [0, 0.05) is 17.8 Å². The highest BCUT2D eigenvalue weighted by molar-refractivity contribution is 5.85. The van der Waals surface area contributed by atoms with Crippen LogP contribution in [0.2, 0.25) is 0 Å². The van der Waals surface area contributed by atoms with Gasteiger partial charge < -0.3 is 10.2 Å². The summed E-state index contributed by atoms with van der Waals surface area (Å²) in [6.07, 6.45) is 1.81. The Morgan fingerprint density at radius 2 is 1.88 bits per heavy atom. The van der Waals surface area contributed by atoms with Crippen molar-refractivity contribution in [2.24, 2.45) is 5.92 Å². The molecule has 2 unspecified atom stereocenters. The average molecular weight is 231 g/mol. The van der Waals surface area contributed by atoms with Crippen LogP contribution in [-0.4, -0.2) is 21.3 Å². The third-order valence-corrected chi connectivity index (χ3v) is 3.04. The quantitative estimate of drug-likeness (QED) is 0.852. The van der Waals surface area contributed by atoms with Gasteiger partial charge in [0.1, 0.15) is 6.10 Å². The fourth-order valence-corrected chi connectivity index (χ4v) is 1.94. The maximum absolute atomic E-state index is 10.2. The van der Waals surface area contributed by atoms with Crippen molar-refractivity contribution in [3.8, 4) is 0 Å². The molecule has 0 aliphatic rings. The van der Waals surface area contributed by atoms with Gasteiger partial charge in [-0.25, -0.2) is 0 Å². The highest BCUT2D eigenvalue weighted by Gasteiger charge is 2.22. The van der Waals surface area contributed by atoms with E-state index in [9.17, 15) is 10.2 Å². The van der Waals surface area contributed by atoms with Crippen molar-refractivity contribution < 1.29 is 10.2 Å². The molecule has 3 heteroatoms. The van der Waals surface area contributed by atoms with E-state index in [0.717, 1.165) is 16.3 Å². The van der Waals surface area contributed by atoms with Crippen LogP contribution in [-0.2, 0) is 0 Å². The lowest BCUT2D eigenvalue weighted by Gasteiger charge is -2.22. The van der Waals surface area contributed by atoms with E-state index in [1.807, 2.05) is 38.1 Å². The predicted octanol–water partition coefficient (Wildman–Crippen LogP) is 2.29. The summed E-state index contributed by atoms with van der Waals surface area (Å²) in [5.41, 5.74) is 0.733. The molecule has 0 saturated heterocycles. The second kappa shape index (κ2) is 4.82. The summed E-state index contributed by atoms with van der Waals surface area (Å²) in [5.74, 6) is 0.0110. The lowest BCUT2D eigenvalue weighted by atomic mass is 9.93. The zero-order valence-electron chi connectivity index (χ0n) is 10.0. The van der Waals surface area contributed by atoms with E-state index in [0.29, 0.717) is 0 Å². The third-order valence-electron chi connectivity index (χ3n) is 3.04. The molecule has 2 rings (SSSR count). The number of fused-ring (bicyclic) bond motifs is 1. The second-order valence-electron chi connectivity index (χ2n) is 4.62.